The maximum Gasteiger partial charge on any atom is 0.257 e. The van der Waals surface area contributed by atoms with E-state index in [1.165, 1.54) is 6.42 Å². The molecule has 1 aromatic rings. The normalized spacial score (nSPS) is 19.0. The largest absolute Gasteiger partial charge is 0.484 e. The van der Waals surface area contributed by atoms with Gasteiger partial charge in [0.05, 0.1) is 0 Å². The van der Waals surface area contributed by atoms with Gasteiger partial charge < -0.3 is 20.3 Å². The number of nitrogens with zero attached hydrogens (tertiary/aromatic N) is 1. The molecule has 1 aromatic carbocycles. The summed E-state index contributed by atoms with van der Waals surface area (Å²) in [5.74, 6) is 1.04. The van der Waals surface area contributed by atoms with Crippen molar-refractivity contribution in [3.63, 3.8) is 0 Å². The van der Waals surface area contributed by atoms with Crippen LogP contribution in [0.4, 0.5) is 5.69 Å². The van der Waals surface area contributed by atoms with Crippen LogP contribution in [0.2, 0.25) is 0 Å². The zero-order valence-corrected chi connectivity index (χ0v) is 16.4. The van der Waals surface area contributed by atoms with Crippen LogP contribution in [-0.4, -0.2) is 48.9 Å². The van der Waals surface area contributed by atoms with Gasteiger partial charge in [-0.25, -0.2) is 0 Å². The van der Waals surface area contributed by atoms with Crippen LogP contribution in [0, 0.1) is 11.8 Å². The van der Waals surface area contributed by atoms with Crippen LogP contribution < -0.4 is 15.4 Å². The number of carbonyl (C=O) groups is 3. The molecule has 1 saturated carbocycles. The summed E-state index contributed by atoms with van der Waals surface area (Å²) < 4.78 is 5.50. The Kier molecular flexibility index (Phi) is 6.90. The van der Waals surface area contributed by atoms with Crippen LogP contribution in [0.15, 0.2) is 24.3 Å². The van der Waals surface area contributed by atoms with Gasteiger partial charge in [-0.1, -0.05) is 13.0 Å². The minimum Gasteiger partial charge on any atom is -0.484 e. The average molecular weight is 387 g/mol. The first-order chi connectivity index (χ1) is 13.5. The molecule has 1 heterocycles. The summed E-state index contributed by atoms with van der Waals surface area (Å²) in [6.07, 6.45) is 4.42. The Balaban J connectivity index is 1.35. The molecule has 7 heteroatoms. The van der Waals surface area contributed by atoms with Crippen molar-refractivity contribution in [3.8, 4) is 5.75 Å². The Morgan fingerprint density at radius 3 is 2.79 bits per heavy atom. The third-order valence-corrected chi connectivity index (χ3v) is 5.09. The van der Waals surface area contributed by atoms with Crippen molar-refractivity contribution in [2.24, 2.45) is 11.8 Å². The molecular formula is C21H29N3O4. The number of hydrogen-bond acceptors (Lipinski definition) is 4. The summed E-state index contributed by atoms with van der Waals surface area (Å²) >= 11 is 0. The monoisotopic (exact) mass is 387 g/mol. The maximum atomic E-state index is 12.2. The predicted octanol–water partition coefficient (Wildman–Crippen LogP) is 2.18. The van der Waals surface area contributed by atoms with E-state index in [-0.39, 0.29) is 30.2 Å². The van der Waals surface area contributed by atoms with Crippen molar-refractivity contribution >= 4 is 23.4 Å². The topological polar surface area (TPSA) is 87.7 Å². The summed E-state index contributed by atoms with van der Waals surface area (Å²) in [7, 11) is 0. The highest BCUT2D eigenvalue weighted by Crippen LogP contribution is 2.30. The van der Waals surface area contributed by atoms with Crippen molar-refractivity contribution in [1.82, 2.24) is 10.2 Å². The molecule has 7 nitrogen and oxygen atoms in total. The van der Waals surface area contributed by atoms with Gasteiger partial charge in [-0.15, -0.1) is 0 Å². The van der Waals surface area contributed by atoms with Crippen molar-refractivity contribution in [1.29, 1.82) is 0 Å². The fraction of sp³-hybridized carbons (Fsp3) is 0.571. The number of anilines is 1. The molecule has 1 aliphatic carbocycles. The lowest BCUT2D eigenvalue weighted by atomic mass is 10.00. The van der Waals surface area contributed by atoms with E-state index in [1.54, 1.807) is 24.3 Å². The quantitative estimate of drug-likeness (QED) is 0.716. The van der Waals surface area contributed by atoms with Crippen LogP contribution in [0.1, 0.15) is 39.0 Å². The molecular weight excluding hydrogens is 358 g/mol. The molecule has 2 aliphatic rings. The van der Waals surface area contributed by atoms with Crippen molar-refractivity contribution < 1.29 is 19.1 Å². The second-order valence-electron chi connectivity index (χ2n) is 7.77. The maximum absolute atomic E-state index is 12.2. The van der Waals surface area contributed by atoms with E-state index in [0.717, 1.165) is 32.4 Å². The Hall–Kier alpha value is -2.57. The fourth-order valence-electron chi connectivity index (χ4n) is 3.34. The van der Waals surface area contributed by atoms with E-state index in [9.17, 15) is 14.4 Å². The fourth-order valence-corrected chi connectivity index (χ4v) is 3.34. The number of benzene rings is 1. The van der Waals surface area contributed by atoms with Gasteiger partial charge in [-0.05, 0) is 43.7 Å². The molecule has 1 unspecified atom stereocenters. The Morgan fingerprint density at radius 2 is 2.04 bits per heavy atom. The highest BCUT2D eigenvalue weighted by Gasteiger charge is 2.29. The smallest absolute Gasteiger partial charge is 0.257 e. The van der Waals surface area contributed by atoms with Gasteiger partial charge in [0, 0.05) is 43.7 Å². The second kappa shape index (κ2) is 9.57. The minimum absolute atomic E-state index is 0.0302. The van der Waals surface area contributed by atoms with E-state index >= 15 is 0 Å². The first-order valence-corrected chi connectivity index (χ1v) is 10.1. The van der Waals surface area contributed by atoms with Crippen LogP contribution >= 0.6 is 0 Å². The molecule has 28 heavy (non-hydrogen) atoms. The Bertz CT molecular complexity index is 717. The molecule has 1 atom stereocenters. The molecule has 3 rings (SSSR count). The Morgan fingerprint density at radius 1 is 1.21 bits per heavy atom. The zero-order chi connectivity index (χ0) is 19.9. The number of ether oxygens (including phenoxy) is 1. The third kappa shape index (κ3) is 6.25. The molecule has 0 aromatic heterocycles. The lowest BCUT2D eigenvalue weighted by Crippen LogP contribution is -2.41. The van der Waals surface area contributed by atoms with Gasteiger partial charge in [-0.3, -0.25) is 14.4 Å². The number of rotatable bonds is 8. The van der Waals surface area contributed by atoms with Crippen LogP contribution in [0.5, 0.6) is 5.75 Å². The number of amides is 3. The lowest BCUT2D eigenvalue weighted by Gasteiger charge is -2.31. The molecule has 0 spiro atoms. The summed E-state index contributed by atoms with van der Waals surface area (Å²) in [5, 5.41) is 5.57. The van der Waals surface area contributed by atoms with E-state index in [0.29, 0.717) is 30.3 Å². The lowest BCUT2D eigenvalue weighted by molar-refractivity contribution is -0.133. The van der Waals surface area contributed by atoms with E-state index < -0.39 is 0 Å². The molecule has 0 bridgehead atoms. The first-order valence-electron chi connectivity index (χ1n) is 10.1. The number of hydrogen-bond donors (Lipinski definition) is 2. The highest BCUT2D eigenvalue weighted by atomic mass is 16.5. The number of nitrogens with one attached hydrogen (secondary N) is 2. The summed E-state index contributed by atoms with van der Waals surface area (Å²) in [5.41, 5.74) is 0.663. The predicted molar refractivity (Wildman–Crippen MR) is 106 cm³/mol. The van der Waals surface area contributed by atoms with Gasteiger partial charge in [-0.2, -0.15) is 0 Å². The first kappa shape index (κ1) is 20.2. The summed E-state index contributed by atoms with van der Waals surface area (Å²) in [4.78, 5) is 37.8. The van der Waals surface area contributed by atoms with E-state index in [1.807, 2.05) is 4.90 Å². The van der Waals surface area contributed by atoms with Gasteiger partial charge in [0.15, 0.2) is 6.61 Å². The van der Waals surface area contributed by atoms with Crippen molar-refractivity contribution in [2.75, 3.05) is 31.6 Å². The number of likely N-dealkylation sites (tertiary alicyclic amines) is 1. The molecule has 1 aliphatic heterocycles. The highest BCUT2D eigenvalue weighted by molar-refractivity contribution is 5.94. The van der Waals surface area contributed by atoms with Crippen LogP contribution in [0.25, 0.3) is 0 Å². The number of piperidine rings is 1. The van der Waals surface area contributed by atoms with Crippen molar-refractivity contribution in [3.05, 3.63) is 24.3 Å². The average Bonchev–Trinajstić information content (AvgIpc) is 3.52. The van der Waals surface area contributed by atoms with Crippen LogP contribution in [0.3, 0.4) is 0 Å². The summed E-state index contributed by atoms with van der Waals surface area (Å²) in [6, 6.07) is 7.00. The molecule has 152 valence electrons. The SMILES string of the molecule is CC1CCCN(C(=O)CCNC(=O)COc2cccc(NC(=O)C3CC3)c2)C1. The Labute approximate surface area is 165 Å². The van der Waals surface area contributed by atoms with Crippen LogP contribution in [-0.2, 0) is 14.4 Å². The van der Waals surface area contributed by atoms with Gasteiger partial charge in [0.1, 0.15) is 5.75 Å². The second-order valence-corrected chi connectivity index (χ2v) is 7.77. The van der Waals surface area contributed by atoms with Gasteiger partial charge >= 0.3 is 0 Å². The zero-order valence-electron chi connectivity index (χ0n) is 16.4. The molecule has 3 amide bonds. The van der Waals surface area contributed by atoms with Gasteiger partial charge in [0.25, 0.3) is 5.91 Å². The standard InChI is InChI=1S/C21H29N3O4/c1-15-4-3-11-24(13-15)20(26)9-10-22-19(25)14-28-18-6-2-5-17(12-18)23-21(27)16-7-8-16/h2,5-6,12,15-16H,3-4,7-11,13-14H2,1H3,(H,22,25)(H,23,27). The van der Waals surface area contributed by atoms with Crippen molar-refractivity contribution in [2.45, 2.75) is 39.0 Å². The van der Waals surface area contributed by atoms with E-state index in [2.05, 4.69) is 17.6 Å². The molecule has 2 fully saturated rings. The third-order valence-electron chi connectivity index (χ3n) is 5.09. The number of carbonyl (C=O) groups excluding carboxylic acids is 3. The molecule has 1 saturated heterocycles. The minimum atomic E-state index is -0.271. The van der Waals surface area contributed by atoms with E-state index in [4.69, 9.17) is 4.74 Å². The molecule has 0 radical (unpaired) electrons. The summed E-state index contributed by atoms with van der Waals surface area (Å²) in [6.45, 7) is 3.96. The molecule has 2 N–H and O–H groups in total. The van der Waals surface area contributed by atoms with Gasteiger partial charge in [0.2, 0.25) is 11.8 Å².